The molecule has 0 saturated carbocycles. The van der Waals surface area contributed by atoms with Crippen LogP contribution in [0.15, 0.2) is 71.8 Å². The third-order valence-corrected chi connectivity index (χ3v) is 5.86. The van der Waals surface area contributed by atoms with Crippen LogP contribution in [-0.4, -0.2) is 35.7 Å². The molecule has 4 heterocycles. The maximum atomic E-state index is 12.6. The van der Waals surface area contributed by atoms with Crippen LogP contribution in [0.3, 0.4) is 0 Å². The molecule has 0 spiro atoms. The van der Waals surface area contributed by atoms with Crippen molar-refractivity contribution in [1.29, 1.82) is 0 Å². The topological polar surface area (TPSA) is 59.4 Å². The van der Waals surface area contributed by atoms with E-state index in [1.807, 2.05) is 48.5 Å². The first-order chi connectivity index (χ1) is 14.3. The molecular weight excluding hydrogens is 435 g/mol. The van der Waals surface area contributed by atoms with Crippen molar-refractivity contribution in [1.82, 2.24) is 14.9 Å². The molecule has 2 saturated heterocycles. The van der Waals surface area contributed by atoms with Crippen LogP contribution in [-0.2, 0) is 6.61 Å². The molecular formula is C23H26Cl2N4O2. The van der Waals surface area contributed by atoms with Gasteiger partial charge in [0.25, 0.3) is 5.56 Å². The van der Waals surface area contributed by atoms with E-state index in [0.29, 0.717) is 12.4 Å². The van der Waals surface area contributed by atoms with Crippen LogP contribution in [0.1, 0.15) is 5.56 Å². The van der Waals surface area contributed by atoms with E-state index in [2.05, 4.69) is 15.2 Å². The van der Waals surface area contributed by atoms with Crippen molar-refractivity contribution < 1.29 is 4.74 Å². The summed E-state index contributed by atoms with van der Waals surface area (Å²) >= 11 is 0. The number of ether oxygens (including phenoxy) is 1. The number of pyridine rings is 2. The van der Waals surface area contributed by atoms with Gasteiger partial charge in [-0.25, -0.2) is 4.98 Å². The average Bonchev–Trinajstić information content (AvgIpc) is 3.36. The zero-order valence-electron chi connectivity index (χ0n) is 17.0. The molecule has 5 rings (SSSR count). The highest BCUT2D eigenvalue weighted by atomic mass is 35.5. The van der Waals surface area contributed by atoms with E-state index in [0.717, 1.165) is 55.1 Å². The van der Waals surface area contributed by atoms with Gasteiger partial charge in [0, 0.05) is 38.4 Å². The maximum absolute atomic E-state index is 12.6. The van der Waals surface area contributed by atoms with Gasteiger partial charge in [-0.2, -0.15) is 0 Å². The number of hydrogen-bond donors (Lipinski definition) is 1. The number of rotatable bonds is 5. The van der Waals surface area contributed by atoms with Gasteiger partial charge in [0.05, 0.1) is 11.9 Å². The minimum absolute atomic E-state index is 0. The van der Waals surface area contributed by atoms with E-state index < -0.39 is 0 Å². The SMILES string of the molecule is Cl.Cl.O=c1cc(OCc2ccccc2)ccn1-c1ccc(N2C[C@H]3CNC[C@H]3C2)nc1. The Morgan fingerprint density at radius 2 is 1.74 bits per heavy atom. The smallest absolute Gasteiger partial charge is 0.258 e. The minimum Gasteiger partial charge on any atom is -0.489 e. The molecule has 0 amide bonds. The van der Waals surface area contributed by atoms with Crippen molar-refractivity contribution in [2.24, 2.45) is 11.8 Å². The van der Waals surface area contributed by atoms with Gasteiger partial charge in [-0.3, -0.25) is 9.36 Å². The maximum Gasteiger partial charge on any atom is 0.258 e. The van der Waals surface area contributed by atoms with Crippen molar-refractivity contribution in [3.05, 3.63) is 82.9 Å². The molecule has 31 heavy (non-hydrogen) atoms. The molecule has 0 bridgehead atoms. The lowest BCUT2D eigenvalue weighted by molar-refractivity contribution is 0.305. The van der Waals surface area contributed by atoms with Gasteiger partial charge in [-0.05, 0) is 35.6 Å². The van der Waals surface area contributed by atoms with Gasteiger partial charge in [-0.1, -0.05) is 30.3 Å². The van der Waals surface area contributed by atoms with Gasteiger partial charge in [-0.15, -0.1) is 24.8 Å². The van der Waals surface area contributed by atoms with Crippen LogP contribution in [0, 0.1) is 11.8 Å². The molecule has 0 radical (unpaired) electrons. The molecule has 164 valence electrons. The summed E-state index contributed by atoms with van der Waals surface area (Å²) in [5.41, 5.74) is 1.69. The molecule has 0 aliphatic carbocycles. The Morgan fingerprint density at radius 3 is 2.39 bits per heavy atom. The Hall–Kier alpha value is -2.54. The third kappa shape index (κ3) is 5.03. The Bertz CT molecular complexity index is 1030. The Balaban J connectivity index is 0.00000136. The summed E-state index contributed by atoms with van der Waals surface area (Å²) in [4.78, 5) is 19.5. The van der Waals surface area contributed by atoms with Crippen molar-refractivity contribution in [3.63, 3.8) is 0 Å². The van der Waals surface area contributed by atoms with Crippen LogP contribution in [0.5, 0.6) is 5.75 Å². The van der Waals surface area contributed by atoms with Crippen LogP contribution in [0.4, 0.5) is 5.82 Å². The predicted octanol–water partition coefficient (Wildman–Crippen LogP) is 3.31. The number of benzene rings is 1. The van der Waals surface area contributed by atoms with E-state index in [-0.39, 0.29) is 30.4 Å². The number of nitrogens with one attached hydrogen (secondary N) is 1. The summed E-state index contributed by atoms with van der Waals surface area (Å²) in [7, 11) is 0. The van der Waals surface area contributed by atoms with E-state index in [4.69, 9.17) is 4.74 Å². The second-order valence-electron chi connectivity index (χ2n) is 7.80. The number of anilines is 1. The third-order valence-electron chi connectivity index (χ3n) is 5.86. The molecule has 2 aliphatic rings. The molecule has 2 atom stereocenters. The van der Waals surface area contributed by atoms with Gasteiger partial charge < -0.3 is 15.0 Å². The summed E-state index contributed by atoms with van der Waals surface area (Å²) in [6.45, 7) is 4.75. The van der Waals surface area contributed by atoms with E-state index in [9.17, 15) is 4.79 Å². The standard InChI is InChI=1S/C23H24N4O2.2ClH/c28-23-10-21(29-16-17-4-2-1-3-5-17)8-9-27(23)20-6-7-22(25-13-20)26-14-18-11-24-12-19(18)15-26;;/h1-10,13,18-19,24H,11-12,14-16H2;2*1H/t18-,19+;;. The fourth-order valence-electron chi connectivity index (χ4n) is 4.26. The second-order valence-corrected chi connectivity index (χ2v) is 7.80. The highest BCUT2D eigenvalue weighted by molar-refractivity contribution is 5.85. The van der Waals surface area contributed by atoms with E-state index in [1.54, 1.807) is 17.0 Å². The van der Waals surface area contributed by atoms with Crippen LogP contribution in [0.25, 0.3) is 5.69 Å². The Kier molecular flexibility index (Phi) is 7.59. The lowest BCUT2D eigenvalue weighted by Gasteiger charge is -2.19. The fraction of sp³-hybridized carbons (Fsp3) is 0.304. The summed E-state index contributed by atoms with van der Waals surface area (Å²) in [6.07, 6.45) is 3.51. The lowest BCUT2D eigenvalue weighted by Crippen LogP contribution is -2.26. The monoisotopic (exact) mass is 460 g/mol. The highest BCUT2D eigenvalue weighted by Crippen LogP contribution is 2.29. The quantitative estimate of drug-likeness (QED) is 0.632. The van der Waals surface area contributed by atoms with E-state index >= 15 is 0 Å². The molecule has 6 nitrogen and oxygen atoms in total. The molecule has 2 fully saturated rings. The summed E-state index contributed by atoms with van der Waals surface area (Å²) < 4.78 is 7.34. The predicted molar refractivity (Wildman–Crippen MR) is 127 cm³/mol. The molecule has 8 heteroatoms. The molecule has 1 aromatic carbocycles. The summed E-state index contributed by atoms with van der Waals surface area (Å²) in [5, 5.41) is 3.46. The van der Waals surface area contributed by atoms with Crippen molar-refractivity contribution in [3.8, 4) is 11.4 Å². The zero-order chi connectivity index (χ0) is 19.6. The molecule has 2 aliphatic heterocycles. The van der Waals surface area contributed by atoms with Gasteiger partial charge in [0.1, 0.15) is 18.2 Å². The molecule has 2 aromatic heterocycles. The van der Waals surface area contributed by atoms with Crippen LogP contribution in [0.2, 0.25) is 0 Å². The van der Waals surface area contributed by atoms with E-state index in [1.165, 1.54) is 6.07 Å². The molecule has 1 N–H and O–H groups in total. The number of aromatic nitrogens is 2. The fourth-order valence-corrected chi connectivity index (χ4v) is 4.26. The first-order valence-electron chi connectivity index (χ1n) is 10.1. The molecule has 0 unspecified atom stereocenters. The average molecular weight is 461 g/mol. The van der Waals surface area contributed by atoms with Gasteiger partial charge in [0.2, 0.25) is 0 Å². The summed E-state index contributed by atoms with van der Waals surface area (Å²) in [6, 6.07) is 17.2. The minimum atomic E-state index is -0.133. The number of fused-ring (bicyclic) bond motifs is 1. The Morgan fingerprint density at radius 1 is 1.00 bits per heavy atom. The lowest BCUT2D eigenvalue weighted by atomic mass is 10.0. The van der Waals surface area contributed by atoms with Gasteiger partial charge in [0.15, 0.2) is 0 Å². The van der Waals surface area contributed by atoms with Crippen molar-refractivity contribution in [2.75, 3.05) is 31.1 Å². The van der Waals surface area contributed by atoms with Gasteiger partial charge >= 0.3 is 0 Å². The Labute approximate surface area is 194 Å². The molecule has 3 aromatic rings. The number of halogens is 2. The van der Waals surface area contributed by atoms with Crippen LogP contribution < -0.4 is 20.5 Å². The normalized spacial score (nSPS) is 19.3. The number of hydrogen-bond acceptors (Lipinski definition) is 5. The van der Waals surface area contributed by atoms with Crippen molar-refractivity contribution >= 4 is 30.6 Å². The highest BCUT2D eigenvalue weighted by Gasteiger charge is 2.36. The summed E-state index contributed by atoms with van der Waals surface area (Å²) in [5.74, 6) is 3.00. The first kappa shape index (κ1) is 23.1. The second kappa shape index (κ2) is 10.2. The first-order valence-corrected chi connectivity index (χ1v) is 10.1. The van der Waals surface area contributed by atoms with Crippen LogP contribution >= 0.6 is 24.8 Å². The zero-order valence-corrected chi connectivity index (χ0v) is 18.6. The number of nitrogens with zero attached hydrogens (tertiary/aromatic N) is 3. The largest absolute Gasteiger partial charge is 0.489 e. The van der Waals surface area contributed by atoms with Crippen molar-refractivity contribution in [2.45, 2.75) is 6.61 Å².